The third-order valence-corrected chi connectivity index (χ3v) is 6.40. The Hall–Kier alpha value is -2.53. The molecule has 1 amide bonds. The smallest absolute Gasteiger partial charge is 0.234 e. The third-order valence-electron chi connectivity index (χ3n) is 5.32. The highest BCUT2D eigenvalue weighted by Gasteiger charge is 2.35. The molecule has 0 radical (unpaired) electrons. The molecular weight excluding hydrogens is 386 g/mol. The highest BCUT2D eigenvalue weighted by molar-refractivity contribution is 8.00. The number of hydrogen-bond acceptors (Lipinski definition) is 6. The molecule has 1 saturated carbocycles. The van der Waals surface area contributed by atoms with Gasteiger partial charge in [0.05, 0.1) is 24.0 Å². The van der Waals surface area contributed by atoms with Crippen molar-refractivity contribution in [1.82, 2.24) is 20.1 Å². The summed E-state index contributed by atoms with van der Waals surface area (Å²) in [4.78, 5) is 12.8. The number of rotatable bonds is 7. The molecule has 7 nitrogen and oxygen atoms in total. The molecule has 0 aliphatic heterocycles. The molecule has 154 valence electrons. The first kappa shape index (κ1) is 21.2. The zero-order valence-electron chi connectivity index (χ0n) is 17.1. The number of carbonyl (C=O) groups is 1. The summed E-state index contributed by atoms with van der Waals surface area (Å²) in [6.45, 7) is 4.52. The molecule has 1 fully saturated rings. The van der Waals surface area contributed by atoms with Crippen molar-refractivity contribution in [3.05, 3.63) is 24.3 Å². The number of nitriles is 1. The Morgan fingerprint density at radius 3 is 2.72 bits per heavy atom. The van der Waals surface area contributed by atoms with Gasteiger partial charge >= 0.3 is 0 Å². The number of ether oxygens (including phenoxy) is 1. The van der Waals surface area contributed by atoms with E-state index in [4.69, 9.17) is 4.74 Å². The number of nitrogens with one attached hydrogen (secondary N) is 1. The molecule has 1 aromatic carbocycles. The lowest BCUT2D eigenvalue weighted by molar-refractivity contribution is -0.121. The molecule has 29 heavy (non-hydrogen) atoms. The first-order valence-corrected chi connectivity index (χ1v) is 10.9. The molecule has 0 unspecified atom stereocenters. The zero-order chi connectivity index (χ0) is 20.9. The average molecular weight is 414 g/mol. The summed E-state index contributed by atoms with van der Waals surface area (Å²) in [5.74, 6) is 1.30. The van der Waals surface area contributed by atoms with Gasteiger partial charge in [0.1, 0.15) is 11.3 Å². The lowest BCUT2D eigenvalue weighted by Crippen LogP contribution is -2.51. The van der Waals surface area contributed by atoms with E-state index in [9.17, 15) is 10.1 Å². The third kappa shape index (κ3) is 4.56. The van der Waals surface area contributed by atoms with Crippen molar-refractivity contribution in [3.8, 4) is 23.2 Å². The minimum Gasteiger partial charge on any atom is -0.496 e. The molecule has 0 spiro atoms. The number of thioether (sulfide) groups is 1. The Kier molecular flexibility index (Phi) is 6.80. The molecule has 8 heteroatoms. The maximum atomic E-state index is 12.8. The summed E-state index contributed by atoms with van der Waals surface area (Å²) < 4.78 is 7.43. The largest absolute Gasteiger partial charge is 0.496 e. The van der Waals surface area contributed by atoms with Gasteiger partial charge in [0, 0.05) is 6.54 Å². The van der Waals surface area contributed by atoms with Gasteiger partial charge in [-0.1, -0.05) is 43.2 Å². The van der Waals surface area contributed by atoms with Crippen LogP contribution >= 0.6 is 11.8 Å². The number of benzene rings is 1. The lowest BCUT2D eigenvalue weighted by atomic mass is 9.83. The summed E-state index contributed by atoms with van der Waals surface area (Å²) in [5.41, 5.74) is 0.129. The van der Waals surface area contributed by atoms with Crippen LogP contribution in [0.25, 0.3) is 11.4 Å². The van der Waals surface area contributed by atoms with Crippen molar-refractivity contribution in [2.75, 3.05) is 7.11 Å². The summed E-state index contributed by atoms with van der Waals surface area (Å²) in [5, 5.41) is 21.6. The molecule has 1 atom stereocenters. The van der Waals surface area contributed by atoms with Crippen molar-refractivity contribution in [2.24, 2.45) is 0 Å². The molecule has 1 aliphatic rings. The molecule has 0 saturated heterocycles. The number of para-hydroxylation sites is 1. The van der Waals surface area contributed by atoms with E-state index in [1.807, 2.05) is 42.7 Å². The predicted octanol–water partition coefficient (Wildman–Crippen LogP) is 3.80. The normalized spacial score (nSPS) is 16.6. The quantitative estimate of drug-likeness (QED) is 0.694. The van der Waals surface area contributed by atoms with Gasteiger partial charge in [-0.3, -0.25) is 4.79 Å². The van der Waals surface area contributed by atoms with Gasteiger partial charge in [0.15, 0.2) is 11.0 Å². The van der Waals surface area contributed by atoms with Crippen LogP contribution in [0, 0.1) is 11.3 Å². The summed E-state index contributed by atoms with van der Waals surface area (Å²) in [7, 11) is 1.63. The lowest BCUT2D eigenvalue weighted by Gasteiger charge is -2.32. The van der Waals surface area contributed by atoms with E-state index in [0.29, 0.717) is 17.5 Å². The van der Waals surface area contributed by atoms with E-state index in [1.165, 1.54) is 11.8 Å². The van der Waals surface area contributed by atoms with Crippen molar-refractivity contribution < 1.29 is 9.53 Å². The second kappa shape index (κ2) is 9.31. The first-order chi connectivity index (χ1) is 14.0. The van der Waals surface area contributed by atoms with Gasteiger partial charge in [-0.15, -0.1) is 10.2 Å². The molecule has 0 bridgehead atoms. The van der Waals surface area contributed by atoms with Gasteiger partial charge in [-0.2, -0.15) is 5.26 Å². The fourth-order valence-corrected chi connectivity index (χ4v) is 4.57. The molecule has 3 rings (SSSR count). The van der Waals surface area contributed by atoms with Crippen LogP contribution in [0.15, 0.2) is 29.4 Å². The minimum atomic E-state index is -0.731. The van der Waals surface area contributed by atoms with Crippen molar-refractivity contribution in [1.29, 1.82) is 5.26 Å². The van der Waals surface area contributed by atoms with Crippen LogP contribution in [0.4, 0.5) is 0 Å². The van der Waals surface area contributed by atoms with Crippen LogP contribution in [-0.2, 0) is 11.3 Å². The van der Waals surface area contributed by atoms with E-state index >= 15 is 0 Å². The van der Waals surface area contributed by atoms with Crippen LogP contribution in [0.1, 0.15) is 46.0 Å². The number of amides is 1. The van der Waals surface area contributed by atoms with Crippen LogP contribution in [0.5, 0.6) is 5.75 Å². The first-order valence-electron chi connectivity index (χ1n) is 10.00. The van der Waals surface area contributed by atoms with Crippen LogP contribution in [0.2, 0.25) is 0 Å². The van der Waals surface area contributed by atoms with E-state index in [2.05, 4.69) is 21.6 Å². The molecule has 1 N–H and O–H groups in total. The minimum absolute atomic E-state index is 0.136. The van der Waals surface area contributed by atoms with Gasteiger partial charge in [-0.25, -0.2) is 0 Å². The fourth-order valence-electron chi connectivity index (χ4n) is 3.66. The summed E-state index contributed by atoms with van der Waals surface area (Å²) in [6, 6.07) is 10.0. The standard InChI is InChI=1S/C21H27N5O2S/c1-4-26-18(16-10-6-7-11-17(16)28-3)24-25-20(26)29-15(2)19(27)23-21(14-22)12-8-5-9-13-21/h6-7,10-11,15H,4-5,8-9,12-13H2,1-3H3,(H,23,27)/t15-/m0/s1. The molecule has 1 aromatic heterocycles. The Balaban J connectivity index is 1.77. The van der Waals surface area contributed by atoms with E-state index in [-0.39, 0.29) is 11.2 Å². The highest BCUT2D eigenvalue weighted by Crippen LogP contribution is 2.33. The van der Waals surface area contributed by atoms with Crippen molar-refractivity contribution in [3.63, 3.8) is 0 Å². The molecular formula is C21H27N5O2S. The Morgan fingerprint density at radius 1 is 1.34 bits per heavy atom. The molecule has 2 aromatic rings. The maximum absolute atomic E-state index is 12.8. The number of nitrogens with zero attached hydrogens (tertiary/aromatic N) is 4. The van der Waals surface area contributed by atoms with E-state index in [0.717, 1.165) is 43.4 Å². The average Bonchev–Trinajstić information content (AvgIpc) is 3.16. The predicted molar refractivity (Wildman–Crippen MR) is 113 cm³/mol. The second-order valence-corrected chi connectivity index (χ2v) is 8.56. The monoisotopic (exact) mass is 413 g/mol. The fraction of sp³-hybridized carbons (Fsp3) is 0.524. The van der Waals surface area contributed by atoms with Gasteiger partial charge in [0.2, 0.25) is 5.91 Å². The summed E-state index contributed by atoms with van der Waals surface area (Å²) in [6.07, 6.45) is 4.50. The van der Waals surface area contributed by atoms with Gasteiger partial charge in [-0.05, 0) is 38.8 Å². The topological polar surface area (TPSA) is 92.8 Å². The van der Waals surface area contributed by atoms with Crippen LogP contribution in [-0.4, -0.2) is 38.6 Å². The number of hydrogen-bond donors (Lipinski definition) is 1. The number of methoxy groups -OCH3 is 1. The van der Waals surface area contributed by atoms with Crippen LogP contribution in [0.3, 0.4) is 0 Å². The van der Waals surface area contributed by atoms with E-state index in [1.54, 1.807) is 7.11 Å². The van der Waals surface area contributed by atoms with Crippen molar-refractivity contribution in [2.45, 2.75) is 68.4 Å². The van der Waals surface area contributed by atoms with E-state index < -0.39 is 5.54 Å². The Morgan fingerprint density at radius 2 is 2.07 bits per heavy atom. The zero-order valence-corrected chi connectivity index (χ0v) is 18.0. The van der Waals surface area contributed by atoms with Crippen molar-refractivity contribution >= 4 is 17.7 Å². The number of carbonyl (C=O) groups excluding carboxylic acids is 1. The SMILES string of the molecule is CCn1c(S[C@@H](C)C(=O)NC2(C#N)CCCCC2)nnc1-c1ccccc1OC. The van der Waals surface area contributed by atoms with Gasteiger partial charge < -0.3 is 14.6 Å². The summed E-state index contributed by atoms with van der Waals surface area (Å²) >= 11 is 1.36. The molecule has 1 heterocycles. The Labute approximate surface area is 175 Å². The second-order valence-electron chi connectivity index (χ2n) is 7.25. The van der Waals surface area contributed by atoms with Crippen LogP contribution < -0.4 is 10.1 Å². The highest BCUT2D eigenvalue weighted by atomic mass is 32.2. The number of aromatic nitrogens is 3. The van der Waals surface area contributed by atoms with Gasteiger partial charge in [0.25, 0.3) is 0 Å². The molecule has 1 aliphatic carbocycles. The maximum Gasteiger partial charge on any atom is 0.234 e. The Bertz CT molecular complexity index is 899.